The Morgan fingerprint density at radius 1 is 1.38 bits per heavy atom. The smallest absolute Gasteiger partial charge is 0.326 e. The Morgan fingerprint density at radius 2 is 2.10 bits per heavy atom. The van der Waals surface area contributed by atoms with Crippen LogP contribution in [-0.2, 0) is 9.59 Å². The minimum absolute atomic E-state index is 0.0223. The van der Waals surface area contributed by atoms with Crippen LogP contribution in [0.1, 0.15) is 38.5 Å². The van der Waals surface area contributed by atoms with Gasteiger partial charge in [-0.1, -0.05) is 0 Å². The molecule has 1 saturated heterocycles. The number of nitrogens with one attached hydrogen (secondary N) is 1. The molecule has 1 unspecified atom stereocenters. The van der Waals surface area contributed by atoms with Gasteiger partial charge in [-0.05, 0) is 32.1 Å². The number of aliphatic hydroxyl groups is 1. The summed E-state index contributed by atoms with van der Waals surface area (Å²) in [5.41, 5.74) is 4.99. The van der Waals surface area contributed by atoms with E-state index in [9.17, 15) is 14.4 Å². The van der Waals surface area contributed by atoms with Gasteiger partial charge in [-0.3, -0.25) is 4.79 Å². The first kappa shape index (κ1) is 17.2. The molecule has 0 aliphatic carbocycles. The monoisotopic (exact) mass is 301 g/mol. The van der Waals surface area contributed by atoms with Crippen LogP contribution in [0.4, 0.5) is 4.79 Å². The van der Waals surface area contributed by atoms with Crippen LogP contribution in [-0.4, -0.2) is 58.3 Å². The molecule has 0 aromatic heterocycles. The molecule has 5 N–H and O–H groups in total. The fourth-order valence-electron chi connectivity index (χ4n) is 2.51. The van der Waals surface area contributed by atoms with Crippen molar-refractivity contribution in [2.45, 2.75) is 50.6 Å². The summed E-state index contributed by atoms with van der Waals surface area (Å²) in [7, 11) is 0. The third-order valence-electron chi connectivity index (χ3n) is 3.61. The van der Waals surface area contributed by atoms with Crippen molar-refractivity contribution in [1.82, 2.24) is 10.2 Å². The number of aliphatic carboxylic acids is 1. The zero-order chi connectivity index (χ0) is 15.8. The summed E-state index contributed by atoms with van der Waals surface area (Å²) in [5, 5.41) is 20.4. The van der Waals surface area contributed by atoms with Gasteiger partial charge < -0.3 is 26.2 Å². The Balaban J connectivity index is 2.55. The molecule has 1 rings (SSSR count). The molecule has 0 spiro atoms. The van der Waals surface area contributed by atoms with E-state index in [1.54, 1.807) is 4.90 Å². The zero-order valence-electron chi connectivity index (χ0n) is 12.0. The van der Waals surface area contributed by atoms with Gasteiger partial charge in [0.15, 0.2) is 0 Å². The Kier molecular flexibility index (Phi) is 6.93. The number of primary amides is 1. The van der Waals surface area contributed by atoms with E-state index in [1.807, 2.05) is 0 Å². The van der Waals surface area contributed by atoms with Crippen molar-refractivity contribution < 1.29 is 24.6 Å². The number of hydrogen-bond acceptors (Lipinski definition) is 4. The van der Waals surface area contributed by atoms with Crippen molar-refractivity contribution >= 4 is 17.9 Å². The molecule has 1 heterocycles. The van der Waals surface area contributed by atoms with Crippen LogP contribution < -0.4 is 11.1 Å². The maximum absolute atomic E-state index is 12.2. The quantitative estimate of drug-likeness (QED) is 0.486. The van der Waals surface area contributed by atoms with Crippen LogP contribution in [0, 0.1) is 0 Å². The molecule has 0 aromatic carbocycles. The number of nitrogens with zero attached hydrogens (tertiary/aromatic N) is 1. The number of carboxylic acid groups (broad SMARTS) is 1. The van der Waals surface area contributed by atoms with Crippen LogP contribution >= 0.6 is 0 Å². The zero-order valence-corrected chi connectivity index (χ0v) is 12.0. The number of urea groups is 1. The normalized spacial score (nSPS) is 19.3. The summed E-state index contributed by atoms with van der Waals surface area (Å²) in [6, 6.07) is -1.53. The molecule has 2 atom stereocenters. The van der Waals surface area contributed by atoms with Crippen molar-refractivity contribution in [3.63, 3.8) is 0 Å². The van der Waals surface area contributed by atoms with Gasteiger partial charge in [0.05, 0.1) is 0 Å². The van der Waals surface area contributed by atoms with Crippen LogP contribution in [0.5, 0.6) is 0 Å². The molecule has 8 nitrogen and oxygen atoms in total. The molecule has 0 saturated carbocycles. The second-order valence-electron chi connectivity index (χ2n) is 5.20. The molecular formula is C13H23N3O5. The molecule has 1 aliphatic heterocycles. The minimum Gasteiger partial charge on any atom is -0.480 e. The second-order valence-corrected chi connectivity index (χ2v) is 5.20. The third kappa shape index (κ3) is 5.58. The number of carboxylic acids is 1. The van der Waals surface area contributed by atoms with Crippen LogP contribution in [0.3, 0.4) is 0 Å². The Morgan fingerprint density at radius 3 is 2.67 bits per heavy atom. The molecule has 1 fully saturated rings. The average Bonchev–Trinajstić information content (AvgIpc) is 2.88. The van der Waals surface area contributed by atoms with E-state index in [2.05, 4.69) is 5.32 Å². The van der Waals surface area contributed by atoms with Crippen LogP contribution in [0.2, 0.25) is 0 Å². The van der Waals surface area contributed by atoms with Gasteiger partial charge in [-0.2, -0.15) is 0 Å². The lowest BCUT2D eigenvalue weighted by Gasteiger charge is -2.26. The van der Waals surface area contributed by atoms with E-state index in [4.69, 9.17) is 15.9 Å². The minimum atomic E-state index is -1.18. The lowest BCUT2D eigenvalue weighted by atomic mass is 10.1. The van der Waals surface area contributed by atoms with E-state index in [0.717, 1.165) is 12.8 Å². The van der Waals surface area contributed by atoms with Gasteiger partial charge in [-0.15, -0.1) is 0 Å². The van der Waals surface area contributed by atoms with Crippen molar-refractivity contribution in [1.29, 1.82) is 0 Å². The molecule has 8 heteroatoms. The summed E-state index contributed by atoms with van der Waals surface area (Å²) in [6.45, 7) is 0.645. The number of carbonyl (C=O) groups is 3. The highest BCUT2D eigenvalue weighted by molar-refractivity contribution is 5.83. The summed E-state index contributed by atoms with van der Waals surface area (Å²) in [6.07, 6.45) is 2.91. The fourth-order valence-corrected chi connectivity index (χ4v) is 2.51. The largest absolute Gasteiger partial charge is 0.480 e. The van der Waals surface area contributed by atoms with E-state index >= 15 is 0 Å². The summed E-state index contributed by atoms with van der Waals surface area (Å²) in [5.74, 6) is -1.78. The molecule has 0 bridgehead atoms. The maximum atomic E-state index is 12.2. The third-order valence-corrected chi connectivity index (χ3v) is 3.61. The highest BCUT2D eigenvalue weighted by Crippen LogP contribution is 2.21. The molecule has 120 valence electrons. The predicted octanol–water partition coefficient (Wildman–Crippen LogP) is -0.348. The van der Waals surface area contributed by atoms with Gasteiger partial charge in [0, 0.05) is 25.6 Å². The Hall–Kier alpha value is -1.83. The number of carbonyl (C=O) groups excluding carboxylic acids is 2. The number of hydrogen-bond donors (Lipinski definition) is 4. The average molecular weight is 301 g/mol. The van der Waals surface area contributed by atoms with Crippen molar-refractivity contribution in [3.05, 3.63) is 0 Å². The molecule has 1 aliphatic rings. The maximum Gasteiger partial charge on any atom is 0.326 e. The summed E-state index contributed by atoms with van der Waals surface area (Å²) >= 11 is 0. The van der Waals surface area contributed by atoms with Gasteiger partial charge in [0.25, 0.3) is 0 Å². The van der Waals surface area contributed by atoms with Crippen molar-refractivity contribution in [2.24, 2.45) is 5.73 Å². The Labute approximate surface area is 123 Å². The summed E-state index contributed by atoms with van der Waals surface area (Å²) < 4.78 is 0. The molecule has 0 aromatic rings. The van der Waals surface area contributed by atoms with Gasteiger partial charge in [-0.25, -0.2) is 9.59 Å². The van der Waals surface area contributed by atoms with Gasteiger partial charge in [0.1, 0.15) is 6.04 Å². The lowest BCUT2D eigenvalue weighted by Crippen LogP contribution is -2.49. The van der Waals surface area contributed by atoms with Crippen molar-refractivity contribution in [3.8, 4) is 0 Å². The first-order valence-electron chi connectivity index (χ1n) is 7.14. The van der Waals surface area contributed by atoms with Gasteiger partial charge >= 0.3 is 12.0 Å². The molecular weight excluding hydrogens is 278 g/mol. The second kappa shape index (κ2) is 8.46. The van der Waals surface area contributed by atoms with E-state index in [1.165, 1.54) is 0 Å². The highest BCUT2D eigenvalue weighted by atomic mass is 16.4. The van der Waals surface area contributed by atoms with E-state index in [-0.39, 0.29) is 25.5 Å². The number of likely N-dealkylation sites (tertiary alicyclic amines) is 1. The first-order valence-corrected chi connectivity index (χ1v) is 7.14. The SMILES string of the molecule is NC(=O)CC[C@H](NC(=O)N1CCCC1CCCO)C(=O)O. The van der Waals surface area contributed by atoms with Gasteiger partial charge in [0.2, 0.25) is 5.91 Å². The number of rotatable bonds is 8. The molecule has 0 radical (unpaired) electrons. The van der Waals surface area contributed by atoms with E-state index in [0.29, 0.717) is 19.4 Å². The predicted molar refractivity (Wildman–Crippen MR) is 74.4 cm³/mol. The standard InChI is InChI=1S/C13H23N3O5/c14-11(18)6-5-10(12(19)20)15-13(21)16-7-1-3-9(16)4-2-8-17/h9-10,17H,1-8H2,(H2,14,18)(H,15,21)(H,19,20)/t9?,10-/m0/s1. The van der Waals surface area contributed by atoms with E-state index < -0.39 is 23.9 Å². The molecule has 3 amide bonds. The first-order chi connectivity index (χ1) is 9.95. The van der Waals surface area contributed by atoms with Crippen LogP contribution in [0.25, 0.3) is 0 Å². The summed E-state index contributed by atoms with van der Waals surface area (Å²) in [4.78, 5) is 35.6. The number of amides is 3. The lowest BCUT2D eigenvalue weighted by molar-refractivity contribution is -0.139. The molecule has 21 heavy (non-hydrogen) atoms. The number of nitrogens with two attached hydrogens (primary N) is 1. The topological polar surface area (TPSA) is 133 Å². The van der Waals surface area contributed by atoms with Crippen LogP contribution in [0.15, 0.2) is 0 Å². The fraction of sp³-hybridized carbons (Fsp3) is 0.769. The number of aliphatic hydroxyl groups excluding tert-OH is 1. The van der Waals surface area contributed by atoms with Crippen molar-refractivity contribution in [2.75, 3.05) is 13.2 Å². The highest BCUT2D eigenvalue weighted by Gasteiger charge is 2.30. The Bertz CT molecular complexity index is 388.